The van der Waals surface area contributed by atoms with Crippen LogP contribution in [0.5, 0.6) is 0 Å². The second-order valence-electron chi connectivity index (χ2n) is 16.0. The number of Topliss-reactive ketones (excluding diaryl/α,β-unsaturated/α-hetero) is 1. The Morgan fingerprint density at radius 1 is 0.860 bits per heavy atom. The Bertz CT molecular complexity index is 1580. The first-order valence-corrected chi connectivity index (χ1v) is 19.9. The van der Waals surface area contributed by atoms with E-state index in [1.807, 2.05) is 27.7 Å². The average molecular weight is 809 g/mol. The third kappa shape index (κ3) is 14.7. The number of unbranched alkanes of at least 4 members (excludes halogenated alkanes) is 1. The number of amides is 6. The van der Waals surface area contributed by atoms with E-state index < -0.39 is 95.4 Å². The van der Waals surface area contributed by atoms with Crippen LogP contribution in [0.2, 0.25) is 0 Å². The number of benzene rings is 1. The molecule has 3 rings (SSSR count). The van der Waals surface area contributed by atoms with Gasteiger partial charge in [-0.25, -0.2) is 0 Å². The molecular formula is C40H59F3N6O8. The van der Waals surface area contributed by atoms with E-state index in [9.17, 15) is 46.7 Å². The fraction of sp³-hybridized carbons (Fsp3) is 0.675. The monoisotopic (exact) mass is 808 g/mol. The van der Waals surface area contributed by atoms with Gasteiger partial charge in [0.25, 0.3) is 5.91 Å². The van der Waals surface area contributed by atoms with Crippen LogP contribution in [0.25, 0.3) is 0 Å². The van der Waals surface area contributed by atoms with Crippen molar-refractivity contribution < 1.29 is 51.5 Å². The van der Waals surface area contributed by atoms with Crippen LogP contribution in [0.15, 0.2) is 24.3 Å². The third-order valence-corrected chi connectivity index (χ3v) is 10.1. The van der Waals surface area contributed by atoms with Crippen LogP contribution in [0, 0.1) is 5.92 Å². The number of ketones is 1. The molecule has 1 saturated carbocycles. The molecule has 1 aliphatic carbocycles. The van der Waals surface area contributed by atoms with E-state index in [1.54, 1.807) is 6.92 Å². The van der Waals surface area contributed by atoms with E-state index in [4.69, 9.17) is 10.5 Å². The first kappa shape index (κ1) is 46.8. The predicted octanol–water partition coefficient (Wildman–Crippen LogP) is 3.23. The Labute approximate surface area is 332 Å². The summed E-state index contributed by atoms with van der Waals surface area (Å²) in [6.45, 7) is 8.52. The van der Waals surface area contributed by atoms with Crippen molar-refractivity contribution in [3.05, 3.63) is 35.4 Å². The highest BCUT2D eigenvalue weighted by atomic mass is 19.4. The molecule has 0 bridgehead atoms. The number of likely N-dealkylation sites (tertiary alicyclic amines) is 1. The summed E-state index contributed by atoms with van der Waals surface area (Å²) in [7, 11) is 0. The molecule has 5 atom stereocenters. The van der Waals surface area contributed by atoms with Gasteiger partial charge in [-0.2, -0.15) is 13.2 Å². The number of carbonyl (C=O) groups excluding carboxylic acids is 7. The van der Waals surface area contributed by atoms with Crippen LogP contribution in [0.1, 0.15) is 116 Å². The summed E-state index contributed by atoms with van der Waals surface area (Å²) in [5, 5.41) is 10.2. The van der Waals surface area contributed by atoms with Crippen LogP contribution >= 0.6 is 0 Å². The summed E-state index contributed by atoms with van der Waals surface area (Å²) in [6, 6.07) is -0.214. The topological polar surface area (TPSA) is 206 Å². The summed E-state index contributed by atoms with van der Waals surface area (Å²) in [5.74, 6) is -5.67. The van der Waals surface area contributed by atoms with Gasteiger partial charge in [0.2, 0.25) is 35.3 Å². The van der Waals surface area contributed by atoms with Gasteiger partial charge < -0.3 is 36.6 Å². The molecule has 1 heterocycles. The normalized spacial score (nSPS) is 19.2. The Morgan fingerprint density at radius 3 is 2.07 bits per heavy atom. The minimum absolute atomic E-state index is 0.00126. The van der Waals surface area contributed by atoms with Crippen LogP contribution in [-0.4, -0.2) is 95.1 Å². The lowest BCUT2D eigenvalue weighted by Crippen LogP contribution is -2.58. The second kappa shape index (κ2) is 21.3. The van der Waals surface area contributed by atoms with Crippen molar-refractivity contribution >= 4 is 41.2 Å². The van der Waals surface area contributed by atoms with E-state index in [0.29, 0.717) is 37.7 Å². The highest BCUT2D eigenvalue weighted by Gasteiger charge is 2.46. The summed E-state index contributed by atoms with van der Waals surface area (Å²) >= 11 is 0. The quantitative estimate of drug-likeness (QED) is 0.131. The van der Waals surface area contributed by atoms with E-state index in [0.717, 1.165) is 37.8 Å². The van der Waals surface area contributed by atoms with Gasteiger partial charge in [-0.05, 0) is 70.1 Å². The van der Waals surface area contributed by atoms with E-state index in [2.05, 4.69) is 21.3 Å². The van der Waals surface area contributed by atoms with Gasteiger partial charge in [0.1, 0.15) is 18.1 Å². The number of halogens is 3. The summed E-state index contributed by atoms with van der Waals surface area (Å²) in [5.41, 5.74) is 4.19. The summed E-state index contributed by atoms with van der Waals surface area (Å²) in [6.07, 6.45) is 0.666. The largest absolute Gasteiger partial charge is 0.416 e. The first-order chi connectivity index (χ1) is 26.7. The number of alkyl halides is 3. The number of nitrogens with zero attached hydrogens (tertiary/aromatic N) is 1. The van der Waals surface area contributed by atoms with Gasteiger partial charge in [0, 0.05) is 13.0 Å². The lowest BCUT2D eigenvalue weighted by atomic mass is 9.83. The molecule has 1 aliphatic heterocycles. The summed E-state index contributed by atoms with van der Waals surface area (Å²) < 4.78 is 45.5. The van der Waals surface area contributed by atoms with Crippen molar-refractivity contribution in [2.75, 3.05) is 13.1 Å². The van der Waals surface area contributed by atoms with Crippen LogP contribution < -0.4 is 27.0 Å². The number of carbonyl (C=O) groups is 7. The van der Waals surface area contributed by atoms with E-state index in [-0.39, 0.29) is 31.7 Å². The first-order valence-electron chi connectivity index (χ1n) is 19.9. The molecular weight excluding hydrogens is 749 g/mol. The molecule has 1 saturated heterocycles. The molecule has 6 amide bonds. The molecule has 14 nitrogen and oxygen atoms in total. The number of primary amides is 1. The molecule has 1 aromatic rings. The van der Waals surface area contributed by atoms with Gasteiger partial charge >= 0.3 is 6.18 Å². The number of rotatable bonds is 19. The van der Waals surface area contributed by atoms with Crippen molar-refractivity contribution in [3.63, 3.8) is 0 Å². The third-order valence-electron chi connectivity index (χ3n) is 10.1. The zero-order valence-corrected chi connectivity index (χ0v) is 33.6. The Hall–Kier alpha value is -4.54. The van der Waals surface area contributed by atoms with Crippen molar-refractivity contribution in [1.82, 2.24) is 26.2 Å². The molecule has 1 aromatic carbocycles. The molecule has 5 unspecified atom stereocenters. The molecule has 2 fully saturated rings. The minimum Gasteiger partial charge on any atom is -0.371 e. The van der Waals surface area contributed by atoms with Crippen LogP contribution in [0.3, 0.4) is 0 Å². The van der Waals surface area contributed by atoms with Crippen molar-refractivity contribution in [1.29, 1.82) is 0 Å². The van der Waals surface area contributed by atoms with Crippen LogP contribution in [-0.2, 0) is 50.9 Å². The molecule has 0 spiro atoms. The SMILES string of the molecule is CCCCC(NC(=O)CNC(=O)C(=O)C(CCC)NC(=O)C1CC(OC(C)(C)C)CN1C(=O)C(NC(=O)Cc1ccc(C(F)(F)F)cc1)C1CCCCC1)C(N)=O. The van der Waals surface area contributed by atoms with Crippen molar-refractivity contribution in [2.24, 2.45) is 11.7 Å². The van der Waals surface area contributed by atoms with Crippen molar-refractivity contribution in [3.8, 4) is 0 Å². The van der Waals surface area contributed by atoms with Crippen LogP contribution in [0.4, 0.5) is 13.2 Å². The summed E-state index contributed by atoms with van der Waals surface area (Å²) in [4.78, 5) is 93.8. The van der Waals surface area contributed by atoms with Gasteiger partial charge in [0.05, 0.1) is 36.3 Å². The van der Waals surface area contributed by atoms with Gasteiger partial charge in [0.15, 0.2) is 0 Å². The number of hydrogen-bond donors (Lipinski definition) is 5. The number of ether oxygens (including phenoxy) is 1. The van der Waals surface area contributed by atoms with E-state index in [1.165, 1.54) is 17.0 Å². The number of nitrogens with two attached hydrogens (primary N) is 1. The highest BCUT2D eigenvalue weighted by Crippen LogP contribution is 2.32. The van der Waals surface area contributed by atoms with Gasteiger partial charge in [-0.1, -0.05) is 64.5 Å². The van der Waals surface area contributed by atoms with E-state index >= 15 is 0 Å². The Kier molecular flexibility index (Phi) is 17.5. The second-order valence-corrected chi connectivity index (χ2v) is 16.0. The Morgan fingerprint density at radius 2 is 1.51 bits per heavy atom. The maximum atomic E-state index is 14.5. The van der Waals surface area contributed by atoms with Crippen molar-refractivity contribution in [2.45, 2.75) is 154 Å². The smallest absolute Gasteiger partial charge is 0.371 e. The predicted molar refractivity (Wildman–Crippen MR) is 204 cm³/mol. The number of hydrogen-bond acceptors (Lipinski definition) is 8. The average Bonchev–Trinajstić information content (AvgIpc) is 3.56. The van der Waals surface area contributed by atoms with Gasteiger partial charge in [-0.15, -0.1) is 0 Å². The lowest BCUT2D eigenvalue weighted by molar-refractivity contribution is -0.144. The molecule has 2 aliphatic rings. The highest BCUT2D eigenvalue weighted by molar-refractivity contribution is 6.38. The molecule has 318 valence electrons. The molecule has 0 aromatic heterocycles. The standard InChI is InChI=1S/C40H59F3N6O8/c1-6-8-15-29(35(44)53)46-32(51)22-45-37(55)34(52)28(12-7-2)47-36(54)30-21-27(57-39(3,4)5)23-49(30)38(56)33(25-13-10-9-11-14-25)48-31(50)20-24-16-18-26(19-17-24)40(41,42)43/h16-19,25,27-30,33H,6-15,20-23H2,1-5H3,(H2,44,53)(H,45,55)(H,46,51)(H,47,54)(H,48,50). The lowest BCUT2D eigenvalue weighted by Gasteiger charge is -2.35. The molecule has 17 heteroatoms. The maximum absolute atomic E-state index is 14.5. The van der Waals surface area contributed by atoms with Gasteiger partial charge in [-0.3, -0.25) is 33.6 Å². The zero-order valence-electron chi connectivity index (χ0n) is 33.6. The zero-order chi connectivity index (χ0) is 42.5. The Balaban J connectivity index is 1.79. The fourth-order valence-corrected chi connectivity index (χ4v) is 7.29. The fourth-order valence-electron chi connectivity index (χ4n) is 7.29. The minimum atomic E-state index is -4.53. The molecule has 6 N–H and O–H groups in total. The molecule has 0 radical (unpaired) electrons. The molecule has 57 heavy (non-hydrogen) atoms. The number of nitrogens with one attached hydrogen (secondary N) is 4. The maximum Gasteiger partial charge on any atom is 0.416 e.